The minimum absolute atomic E-state index is 0.320. The fourth-order valence-electron chi connectivity index (χ4n) is 5.92. The van der Waals surface area contributed by atoms with Gasteiger partial charge in [0.15, 0.2) is 11.5 Å². The summed E-state index contributed by atoms with van der Waals surface area (Å²) < 4.78 is 31.5. The molecule has 3 N–H and O–H groups in total. The predicted molar refractivity (Wildman–Crippen MR) is 175 cm³/mol. The molecule has 2 fully saturated rings. The van der Waals surface area contributed by atoms with Crippen molar-refractivity contribution in [3.05, 3.63) is 48.8 Å². The maximum atomic E-state index is 12.3. The molecule has 0 aliphatic carbocycles. The van der Waals surface area contributed by atoms with Crippen molar-refractivity contribution >= 4 is 55.7 Å². The van der Waals surface area contributed by atoms with Gasteiger partial charge in [-0.1, -0.05) is 12.1 Å². The Kier molecular flexibility index (Phi) is 8.47. The molecule has 2 aromatic heterocycles. The van der Waals surface area contributed by atoms with Crippen LogP contribution in [0.25, 0.3) is 11.2 Å². The molecule has 0 saturated carbocycles. The Labute approximate surface area is 258 Å². The smallest absolute Gasteiger partial charge is 0.232 e. The van der Waals surface area contributed by atoms with E-state index in [0.29, 0.717) is 46.1 Å². The highest BCUT2D eigenvalue weighted by atomic mass is 32.2. The molecule has 2 aliphatic heterocycles. The fraction of sp³-hybridized carbons (Fsp3) is 0.433. The first kappa shape index (κ1) is 29.9. The molecule has 4 aromatic rings. The molecule has 0 amide bonds. The van der Waals surface area contributed by atoms with Gasteiger partial charge in [0.25, 0.3) is 0 Å². The van der Waals surface area contributed by atoms with E-state index < -0.39 is 10.0 Å². The summed E-state index contributed by atoms with van der Waals surface area (Å²) in [6, 6.07) is 13.9. The van der Waals surface area contributed by atoms with Gasteiger partial charge in [0.2, 0.25) is 16.0 Å². The first-order valence-corrected chi connectivity index (χ1v) is 16.7. The maximum absolute atomic E-state index is 12.3. The van der Waals surface area contributed by atoms with Crippen molar-refractivity contribution in [2.24, 2.45) is 0 Å². The number of rotatable bonds is 9. The monoisotopic (exact) mass is 620 g/mol. The molecule has 0 bridgehead atoms. The number of fused-ring (bicyclic) bond motifs is 1. The topological polar surface area (TPSA) is 135 Å². The quantitative estimate of drug-likeness (QED) is 0.254. The van der Waals surface area contributed by atoms with Crippen LogP contribution in [0.2, 0.25) is 0 Å². The Morgan fingerprint density at radius 3 is 2.45 bits per heavy atom. The number of nitrogens with zero attached hydrogens (tertiary/aromatic N) is 7. The number of imidazole rings is 1. The SMILES string of the molecule is COc1cc(N2CCC(N3CCN(C)CC3)CC2)ccc1Nc1nc(Nc2ccccc2N(C)S(C)(=O)=O)c2[nH]cnc2n1. The van der Waals surface area contributed by atoms with Gasteiger partial charge < -0.3 is 30.2 Å². The van der Waals surface area contributed by atoms with Crippen molar-refractivity contribution < 1.29 is 13.2 Å². The highest BCUT2D eigenvalue weighted by molar-refractivity contribution is 7.92. The van der Waals surface area contributed by atoms with Crippen molar-refractivity contribution in [1.29, 1.82) is 0 Å². The van der Waals surface area contributed by atoms with E-state index in [9.17, 15) is 8.42 Å². The largest absolute Gasteiger partial charge is 0.494 e. The number of sulfonamides is 1. The first-order valence-electron chi connectivity index (χ1n) is 14.8. The molecule has 2 aromatic carbocycles. The van der Waals surface area contributed by atoms with Crippen LogP contribution in [0.5, 0.6) is 5.75 Å². The molecule has 2 saturated heterocycles. The molecule has 44 heavy (non-hydrogen) atoms. The number of aromatic nitrogens is 4. The van der Waals surface area contributed by atoms with Crippen LogP contribution < -0.4 is 24.6 Å². The number of ether oxygens (including phenoxy) is 1. The molecule has 14 heteroatoms. The van der Waals surface area contributed by atoms with E-state index in [4.69, 9.17) is 9.72 Å². The predicted octanol–water partition coefficient (Wildman–Crippen LogP) is 3.46. The average molecular weight is 621 g/mol. The minimum Gasteiger partial charge on any atom is -0.494 e. The summed E-state index contributed by atoms with van der Waals surface area (Å²) in [5.74, 6) is 1.45. The number of H-pyrrole nitrogens is 1. The van der Waals surface area contributed by atoms with Crippen LogP contribution in [-0.4, -0.2) is 111 Å². The zero-order valence-corrected chi connectivity index (χ0v) is 26.4. The summed E-state index contributed by atoms with van der Waals surface area (Å²) in [5.41, 5.74) is 3.95. The second kappa shape index (κ2) is 12.5. The molecular weight excluding hydrogens is 580 g/mol. The van der Waals surface area contributed by atoms with Crippen molar-refractivity contribution in [1.82, 2.24) is 29.7 Å². The molecule has 0 atom stereocenters. The van der Waals surface area contributed by atoms with E-state index in [1.54, 1.807) is 31.6 Å². The number of likely N-dealkylation sites (N-methyl/N-ethyl adjacent to an activating group) is 1. The highest BCUT2D eigenvalue weighted by Gasteiger charge is 2.27. The summed E-state index contributed by atoms with van der Waals surface area (Å²) in [6.07, 6.45) is 5.02. The Morgan fingerprint density at radius 2 is 1.73 bits per heavy atom. The van der Waals surface area contributed by atoms with Crippen LogP contribution in [0.3, 0.4) is 0 Å². The molecule has 0 spiro atoms. The van der Waals surface area contributed by atoms with E-state index >= 15 is 0 Å². The van der Waals surface area contributed by atoms with Gasteiger partial charge in [0.05, 0.1) is 36.8 Å². The number of methoxy groups -OCH3 is 1. The Balaban J connectivity index is 1.20. The van der Waals surface area contributed by atoms with E-state index in [2.05, 4.69) is 59.5 Å². The summed E-state index contributed by atoms with van der Waals surface area (Å²) in [6.45, 7) is 6.63. The van der Waals surface area contributed by atoms with Gasteiger partial charge in [-0.2, -0.15) is 9.97 Å². The van der Waals surface area contributed by atoms with Crippen LogP contribution in [0.1, 0.15) is 12.8 Å². The molecular formula is C30H40N10O3S. The van der Waals surface area contributed by atoms with E-state index in [-0.39, 0.29) is 0 Å². The van der Waals surface area contributed by atoms with Crippen LogP contribution in [-0.2, 0) is 10.0 Å². The van der Waals surface area contributed by atoms with Gasteiger partial charge >= 0.3 is 0 Å². The lowest BCUT2D eigenvalue weighted by molar-refractivity contribution is 0.0982. The average Bonchev–Trinajstić information content (AvgIpc) is 3.50. The second-order valence-electron chi connectivity index (χ2n) is 11.4. The summed E-state index contributed by atoms with van der Waals surface area (Å²) in [7, 11) is 1.90. The Bertz CT molecular complexity index is 1710. The summed E-state index contributed by atoms with van der Waals surface area (Å²) in [4.78, 5) is 24.2. The number of piperazine rings is 1. The highest BCUT2D eigenvalue weighted by Crippen LogP contribution is 2.35. The summed E-state index contributed by atoms with van der Waals surface area (Å²) in [5, 5.41) is 6.58. The number of hydrogen-bond acceptors (Lipinski definition) is 11. The lowest BCUT2D eigenvalue weighted by atomic mass is 10.0. The molecule has 6 rings (SSSR count). The van der Waals surface area contributed by atoms with Crippen molar-refractivity contribution in [3.8, 4) is 5.75 Å². The Morgan fingerprint density at radius 1 is 0.977 bits per heavy atom. The number of nitrogens with one attached hydrogen (secondary N) is 3. The normalized spacial score (nSPS) is 17.1. The third kappa shape index (κ3) is 6.37. The van der Waals surface area contributed by atoms with E-state index in [1.807, 2.05) is 12.1 Å². The lowest BCUT2D eigenvalue weighted by Crippen LogP contribution is -2.52. The van der Waals surface area contributed by atoms with Gasteiger partial charge in [0.1, 0.15) is 11.3 Å². The molecule has 13 nitrogen and oxygen atoms in total. The van der Waals surface area contributed by atoms with Crippen LogP contribution in [0.4, 0.5) is 34.5 Å². The van der Waals surface area contributed by atoms with Crippen LogP contribution >= 0.6 is 0 Å². The van der Waals surface area contributed by atoms with Gasteiger partial charge in [-0.25, -0.2) is 13.4 Å². The Hall–Kier alpha value is -4.14. The van der Waals surface area contributed by atoms with Gasteiger partial charge in [-0.15, -0.1) is 0 Å². The molecule has 0 unspecified atom stereocenters. The van der Waals surface area contributed by atoms with Crippen LogP contribution in [0, 0.1) is 0 Å². The maximum Gasteiger partial charge on any atom is 0.232 e. The molecule has 0 radical (unpaired) electrons. The van der Waals surface area contributed by atoms with Gasteiger partial charge in [0, 0.05) is 64.1 Å². The second-order valence-corrected chi connectivity index (χ2v) is 13.5. The number of para-hydroxylation sites is 2. The fourth-order valence-corrected chi connectivity index (χ4v) is 6.43. The lowest BCUT2D eigenvalue weighted by Gasteiger charge is -2.42. The molecule has 4 heterocycles. The zero-order chi connectivity index (χ0) is 30.8. The number of anilines is 6. The number of aromatic amines is 1. The van der Waals surface area contributed by atoms with E-state index in [0.717, 1.165) is 63.5 Å². The molecule has 234 valence electrons. The number of piperidine rings is 1. The van der Waals surface area contributed by atoms with Gasteiger partial charge in [-0.05, 0) is 44.2 Å². The number of benzene rings is 2. The van der Waals surface area contributed by atoms with Crippen molar-refractivity contribution in [2.45, 2.75) is 18.9 Å². The zero-order valence-electron chi connectivity index (χ0n) is 25.6. The van der Waals surface area contributed by atoms with Crippen molar-refractivity contribution in [3.63, 3.8) is 0 Å². The standard InChI is InChI=1S/C30H40N10O3S/c1-37-15-17-40(18-16-37)21-11-13-39(14-12-21)22-9-10-24(26(19-22)43-3)34-30-35-28-27(31-20-32-28)29(36-30)33-23-7-5-6-8-25(23)38(2)44(4,41)42/h5-10,19-21H,11-18H2,1-4H3,(H3,31,32,33,34,35,36). The van der Waals surface area contributed by atoms with E-state index in [1.165, 1.54) is 17.6 Å². The third-order valence-electron chi connectivity index (χ3n) is 8.59. The minimum atomic E-state index is -3.47. The van der Waals surface area contributed by atoms with Crippen molar-refractivity contribution in [2.75, 3.05) is 86.6 Å². The first-order chi connectivity index (χ1) is 21.2. The molecule has 2 aliphatic rings. The van der Waals surface area contributed by atoms with Gasteiger partial charge in [-0.3, -0.25) is 9.21 Å². The summed E-state index contributed by atoms with van der Waals surface area (Å²) >= 11 is 0. The third-order valence-corrected chi connectivity index (χ3v) is 9.79. The van der Waals surface area contributed by atoms with Crippen LogP contribution in [0.15, 0.2) is 48.8 Å². The number of hydrogen-bond donors (Lipinski definition) is 3.